The minimum Gasteiger partial charge on any atom is -0.319 e. The zero-order valence-electron chi connectivity index (χ0n) is 11.6. The second-order valence-electron chi connectivity index (χ2n) is 4.86. The number of hydrogen-bond acceptors (Lipinski definition) is 3. The highest BCUT2D eigenvalue weighted by Crippen LogP contribution is 2.15. The first kappa shape index (κ1) is 12.8. The van der Waals surface area contributed by atoms with Gasteiger partial charge in [0.25, 0.3) is 0 Å². The Bertz CT molecular complexity index is 702. The molecule has 0 aliphatic rings. The van der Waals surface area contributed by atoms with Gasteiger partial charge in [0.15, 0.2) is 0 Å². The smallest absolute Gasteiger partial charge is 0.113 e. The number of aromatic nitrogens is 3. The van der Waals surface area contributed by atoms with Crippen molar-refractivity contribution in [1.82, 2.24) is 20.3 Å². The number of hydrogen-bond donors (Lipinski definition) is 1. The van der Waals surface area contributed by atoms with Crippen LogP contribution >= 0.6 is 0 Å². The molecule has 0 atom stereocenters. The van der Waals surface area contributed by atoms with E-state index in [1.54, 1.807) is 0 Å². The van der Waals surface area contributed by atoms with Gasteiger partial charge in [0.1, 0.15) is 5.52 Å². The minimum absolute atomic E-state index is 0.764. The maximum absolute atomic E-state index is 4.26. The average molecular weight is 266 g/mol. The molecule has 20 heavy (non-hydrogen) atoms. The van der Waals surface area contributed by atoms with Crippen molar-refractivity contribution in [3.8, 4) is 0 Å². The molecule has 1 N–H and O–H groups in total. The lowest BCUT2D eigenvalue weighted by atomic mass is 10.0. The largest absolute Gasteiger partial charge is 0.319 e. The van der Waals surface area contributed by atoms with Crippen LogP contribution in [0.15, 0.2) is 48.5 Å². The SMILES string of the molecule is CNCCc1ccccc1Cn1nnc2ccccc21. The highest BCUT2D eigenvalue weighted by molar-refractivity contribution is 5.73. The van der Waals surface area contributed by atoms with E-state index in [9.17, 15) is 0 Å². The molecular weight excluding hydrogens is 248 g/mol. The number of likely N-dealkylation sites (N-methyl/N-ethyl adjacent to an activating group) is 1. The molecule has 4 heteroatoms. The average Bonchev–Trinajstić information content (AvgIpc) is 2.90. The first-order valence-electron chi connectivity index (χ1n) is 6.88. The van der Waals surface area contributed by atoms with E-state index in [0.29, 0.717) is 0 Å². The summed E-state index contributed by atoms with van der Waals surface area (Å²) in [6.07, 6.45) is 1.03. The summed E-state index contributed by atoms with van der Waals surface area (Å²) >= 11 is 0. The fourth-order valence-electron chi connectivity index (χ4n) is 2.41. The van der Waals surface area contributed by atoms with Crippen LogP contribution in [-0.4, -0.2) is 28.6 Å². The Hall–Kier alpha value is -2.20. The third-order valence-corrected chi connectivity index (χ3v) is 3.50. The van der Waals surface area contributed by atoms with Crippen LogP contribution in [0.1, 0.15) is 11.1 Å². The molecule has 0 spiro atoms. The first-order valence-corrected chi connectivity index (χ1v) is 6.88. The van der Waals surface area contributed by atoms with E-state index in [2.05, 4.69) is 46.0 Å². The lowest BCUT2D eigenvalue weighted by Gasteiger charge is -2.09. The van der Waals surface area contributed by atoms with Gasteiger partial charge in [0.2, 0.25) is 0 Å². The second-order valence-corrected chi connectivity index (χ2v) is 4.86. The molecule has 0 unspecified atom stereocenters. The van der Waals surface area contributed by atoms with Crippen molar-refractivity contribution in [1.29, 1.82) is 0 Å². The molecule has 1 aromatic heterocycles. The standard InChI is InChI=1S/C16H18N4/c1-17-11-10-13-6-2-3-7-14(13)12-20-16-9-5-4-8-15(16)18-19-20/h2-9,17H,10-12H2,1H3. The zero-order valence-corrected chi connectivity index (χ0v) is 11.6. The van der Waals surface area contributed by atoms with E-state index >= 15 is 0 Å². The molecule has 2 aromatic carbocycles. The van der Waals surface area contributed by atoms with Gasteiger partial charge in [0, 0.05) is 0 Å². The molecule has 4 nitrogen and oxygen atoms in total. The van der Waals surface area contributed by atoms with E-state index in [1.165, 1.54) is 11.1 Å². The molecular formula is C16H18N4. The highest BCUT2D eigenvalue weighted by atomic mass is 15.4. The molecule has 102 valence electrons. The molecule has 0 aliphatic carbocycles. The van der Waals surface area contributed by atoms with Gasteiger partial charge in [-0.1, -0.05) is 41.6 Å². The second kappa shape index (κ2) is 5.84. The minimum atomic E-state index is 0.764. The predicted octanol–water partition coefficient (Wildman–Crippen LogP) is 2.24. The number of para-hydroxylation sites is 1. The van der Waals surface area contributed by atoms with Crippen LogP contribution in [-0.2, 0) is 13.0 Å². The van der Waals surface area contributed by atoms with Crippen molar-refractivity contribution >= 4 is 11.0 Å². The summed E-state index contributed by atoms with van der Waals surface area (Å²) in [5, 5.41) is 11.7. The van der Waals surface area contributed by atoms with E-state index in [-0.39, 0.29) is 0 Å². The van der Waals surface area contributed by atoms with Gasteiger partial charge in [-0.05, 0) is 43.3 Å². The summed E-state index contributed by atoms with van der Waals surface area (Å²) < 4.78 is 1.97. The molecule has 0 bridgehead atoms. The van der Waals surface area contributed by atoms with Crippen LogP contribution in [0.5, 0.6) is 0 Å². The van der Waals surface area contributed by atoms with E-state index in [4.69, 9.17) is 0 Å². The Morgan fingerprint density at radius 3 is 2.60 bits per heavy atom. The van der Waals surface area contributed by atoms with Crippen LogP contribution in [0, 0.1) is 0 Å². The van der Waals surface area contributed by atoms with E-state index in [0.717, 1.165) is 30.5 Å². The number of rotatable bonds is 5. The fourth-order valence-corrected chi connectivity index (χ4v) is 2.41. The van der Waals surface area contributed by atoms with Crippen molar-refractivity contribution in [2.24, 2.45) is 0 Å². The van der Waals surface area contributed by atoms with Crippen LogP contribution < -0.4 is 5.32 Å². The number of nitrogens with zero attached hydrogens (tertiary/aromatic N) is 3. The Kier molecular flexibility index (Phi) is 3.74. The maximum atomic E-state index is 4.26. The third-order valence-electron chi connectivity index (χ3n) is 3.50. The first-order chi connectivity index (χ1) is 9.88. The fraction of sp³-hybridized carbons (Fsp3) is 0.250. The van der Waals surface area contributed by atoms with Gasteiger partial charge in [-0.15, -0.1) is 5.10 Å². The topological polar surface area (TPSA) is 42.7 Å². The predicted molar refractivity (Wildman–Crippen MR) is 80.7 cm³/mol. The summed E-state index contributed by atoms with van der Waals surface area (Å²) in [5.41, 5.74) is 4.69. The van der Waals surface area contributed by atoms with Gasteiger partial charge < -0.3 is 5.32 Å². The van der Waals surface area contributed by atoms with Crippen molar-refractivity contribution in [3.05, 3.63) is 59.7 Å². The maximum Gasteiger partial charge on any atom is 0.113 e. The lowest BCUT2D eigenvalue weighted by Crippen LogP contribution is -2.12. The summed E-state index contributed by atoms with van der Waals surface area (Å²) in [4.78, 5) is 0. The van der Waals surface area contributed by atoms with Crippen LogP contribution in [0.4, 0.5) is 0 Å². The van der Waals surface area contributed by atoms with Crippen molar-refractivity contribution in [3.63, 3.8) is 0 Å². The number of nitrogens with one attached hydrogen (secondary N) is 1. The summed E-state index contributed by atoms with van der Waals surface area (Å²) in [6, 6.07) is 16.6. The van der Waals surface area contributed by atoms with Crippen molar-refractivity contribution in [2.45, 2.75) is 13.0 Å². The molecule has 3 aromatic rings. The van der Waals surface area contributed by atoms with E-state index < -0.39 is 0 Å². The van der Waals surface area contributed by atoms with Gasteiger partial charge in [-0.25, -0.2) is 4.68 Å². The zero-order chi connectivity index (χ0) is 13.8. The molecule has 0 amide bonds. The van der Waals surface area contributed by atoms with Crippen LogP contribution in [0.25, 0.3) is 11.0 Å². The quantitative estimate of drug-likeness (QED) is 0.770. The van der Waals surface area contributed by atoms with Crippen LogP contribution in [0.2, 0.25) is 0 Å². The molecule has 1 heterocycles. The Morgan fingerprint density at radius 2 is 1.75 bits per heavy atom. The third kappa shape index (κ3) is 2.56. The lowest BCUT2D eigenvalue weighted by molar-refractivity contribution is 0.662. The summed E-state index contributed by atoms with van der Waals surface area (Å²) in [7, 11) is 1.98. The summed E-state index contributed by atoms with van der Waals surface area (Å²) in [6.45, 7) is 1.75. The normalized spacial score (nSPS) is 11.1. The Labute approximate surface area is 118 Å². The van der Waals surface area contributed by atoms with Gasteiger partial charge in [-0.3, -0.25) is 0 Å². The van der Waals surface area contributed by atoms with E-state index in [1.807, 2.05) is 29.9 Å². The van der Waals surface area contributed by atoms with Crippen LogP contribution in [0.3, 0.4) is 0 Å². The molecule has 0 fully saturated rings. The van der Waals surface area contributed by atoms with Gasteiger partial charge >= 0.3 is 0 Å². The van der Waals surface area contributed by atoms with Crippen molar-refractivity contribution < 1.29 is 0 Å². The molecule has 0 aliphatic heterocycles. The Morgan fingerprint density at radius 1 is 1.00 bits per heavy atom. The number of fused-ring (bicyclic) bond motifs is 1. The monoisotopic (exact) mass is 266 g/mol. The van der Waals surface area contributed by atoms with Gasteiger partial charge in [0.05, 0.1) is 12.1 Å². The molecule has 0 saturated heterocycles. The molecule has 0 saturated carbocycles. The number of benzene rings is 2. The van der Waals surface area contributed by atoms with Gasteiger partial charge in [-0.2, -0.15) is 0 Å². The summed E-state index contributed by atoms with van der Waals surface area (Å²) in [5.74, 6) is 0. The molecule has 3 rings (SSSR count). The molecule has 0 radical (unpaired) electrons. The highest BCUT2D eigenvalue weighted by Gasteiger charge is 2.07. The van der Waals surface area contributed by atoms with Crippen molar-refractivity contribution in [2.75, 3.05) is 13.6 Å². The Balaban J connectivity index is 1.91.